The van der Waals surface area contributed by atoms with Crippen LogP contribution in [0.1, 0.15) is 13.8 Å². The lowest BCUT2D eigenvalue weighted by atomic mass is 10.3. The normalized spacial score (nSPS) is 17.1. The number of nitrogens with zero attached hydrogens (tertiary/aromatic N) is 1. The Labute approximate surface area is 62.6 Å². The van der Waals surface area contributed by atoms with E-state index in [1.54, 1.807) is 6.07 Å². The van der Waals surface area contributed by atoms with Crippen LogP contribution in [0.25, 0.3) is 0 Å². The van der Waals surface area contributed by atoms with Crippen molar-refractivity contribution in [2.45, 2.75) is 32.2 Å². The maximum atomic E-state index is 11.7. The van der Waals surface area contributed by atoms with Crippen molar-refractivity contribution in [2.24, 2.45) is 0 Å². The summed E-state index contributed by atoms with van der Waals surface area (Å²) in [7, 11) is 0. The van der Waals surface area contributed by atoms with Gasteiger partial charge in [-0.3, -0.25) is 0 Å². The first-order valence-electron chi connectivity index (χ1n) is 2.99. The van der Waals surface area contributed by atoms with Crippen LogP contribution in [0.4, 0.5) is 13.2 Å². The molecule has 0 saturated heterocycles. The number of alkyl halides is 3. The summed E-state index contributed by atoms with van der Waals surface area (Å²) < 4.78 is 39.4. The largest absolute Gasteiger partial charge is 0.414 e. The summed E-state index contributed by atoms with van der Waals surface area (Å²) in [4.78, 5) is 0. The number of hydrogen-bond donors (Lipinski definition) is 0. The molecule has 0 N–H and O–H groups in total. The minimum absolute atomic E-state index is 0.869. The first kappa shape index (κ1) is 10.2. The molecule has 0 aliphatic rings. The highest BCUT2D eigenvalue weighted by molar-refractivity contribution is 4.81. The molecule has 0 saturated carbocycles. The summed E-state index contributed by atoms with van der Waals surface area (Å²) in [6, 6.07) is 1.55. The molecule has 0 rings (SSSR count). The third-order valence-electron chi connectivity index (χ3n) is 1.05. The predicted molar refractivity (Wildman–Crippen MR) is 31.7 cm³/mol. The molecule has 0 aromatic heterocycles. The average molecular weight is 167 g/mol. The van der Waals surface area contributed by atoms with Crippen LogP contribution in [0.3, 0.4) is 0 Å². The summed E-state index contributed by atoms with van der Waals surface area (Å²) in [6.07, 6.45) is -7.28. The van der Waals surface area contributed by atoms with Crippen LogP contribution in [0, 0.1) is 11.3 Å². The molecule has 0 aromatic carbocycles. The topological polar surface area (TPSA) is 33.0 Å². The average Bonchev–Trinajstić information content (AvgIpc) is 1.85. The molecule has 0 aliphatic heterocycles. The summed E-state index contributed by atoms with van der Waals surface area (Å²) in [5, 5.41) is 8.11. The first-order valence-corrected chi connectivity index (χ1v) is 2.99. The third-order valence-corrected chi connectivity index (χ3v) is 1.05. The van der Waals surface area contributed by atoms with Crippen molar-refractivity contribution in [1.29, 1.82) is 5.26 Å². The fourth-order valence-electron chi connectivity index (χ4n) is 0.414. The SMILES string of the molecule is CC(C#N)OC(C)C(F)(F)F. The summed E-state index contributed by atoms with van der Waals surface area (Å²) >= 11 is 0. The second kappa shape index (κ2) is 3.58. The molecule has 0 aromatic rings. The monoisotopic (exact) mass is 167 g/mol. The Bertz CT molecular complexity index is 160. The highest BCUT2D eigenvalue weighted by Crippen LogP contribution is 2.22. The molecule has 0 radical (unpaired) electrons. The van der Waals surface area contributed by atoms with Gasteiger partial charge in [0.05, 0.1) is 6.07 Å². The molecule has 0 amide bonds. The van der Waals surface area contributed by atoms with Crippen LogP contribution < -0.4 is 0 Å². The molecule has 0 bridgehead atoms. The molecular weight excluding hydrogens is 159 g/mol. The van der Waals surface area contributed by atoms with Gasteiger partial charge in [0.1, 0.15) is 6.10 Å². The molecule has 64 valence electrons. The second-order valence-corrected chi connectivity index (χ2v) is 2.09. The van der Waals surface area contributed by atoms with Gasteiger partial charge in [0.15, 0.2) is 6.10 Å². The molecule has 2 unspecified atom stereocenters. The van der Waals surface area contributed by atoms with Crippen LogP contribution in [0.15, 0.2) is 0 Å². The Morgan fingerprint density at radius 3 is 2.09 bits per heavy atom. The molecule has 5 heteroatoms. The van der Waals surface area contributed by atoms with Gasteiger partial charge in [-0.2, -0.15) is 18.4 Å². The number of nitriles is 1. The van der Waals surface area contributed by atoms with E-state index in [2.05, 4.69) is 4.74 Å². The van der Waals surface area contributed by atoms with Crippen molar-refractivity contribution in [3.63, 3.8) is 0 Å². The van der Waals surface area contributed by atoms with Gasteiger partial charge in [-0.05, 0) is 13.8 Å². The van der Waals surface area contributed by atoms with Crippen LogP contribution in [-0.4, -0.2) is 18.4 Å². The van der Waals surface area contributed by atoms with Crippen molar-refractivity contribution < 1.29 is 17.9 Å². The van der Waals surface area contributed by atoms with Gasteiger partial charge in [-0.25, -0.2) is 0 Å². The number of ether oxygens (including phenoxy) is 1. The van der Waals surface area contributed by atoms with E-state index in [-0.39, 0.29) is 0 Å². The Morgan fingerprint density at radius 2 is 1.82 bits per heavy atom. The smallest absolute Gasteiger partial charge is 0.351 e. The van der Waals surface area contributed by atoms with E-state index in [0.29, 0.717) is 0 Å². The van der Waals surface area contributed by atoms with E-state index in [9.17, 15) is 13.2 Å². The Kier molecular flexibility index (Phi) is 3.33. The van der Waals surface area contributed by atoms with E-state index in [1.165, 1.54) is 6.92 Å². The minimum Gasteiger partial charge on any atom is -0.351 e. The minimum atomic E-state index is -4.38. The lowest BCUT2D eigenvalue weighted by Crippen LogP contribution is -2.31. The van der Waals surface area contributed by atoms with Crippen molar-refractivity contribution >= 4 is 0 Å². The van der Waals surface area contributed by atoms with Crippen molar-refractivity contribution in [3.8, 4) is 6.07 Å². The zero-order valence-corrected chi connectivity index (χ0v) is 6.14. The molecular formula is C6H8F3NO. The van der Waals surface area contributed by atoms with Gasteiger partial charge in [0.2, 0.25) is 0 Å². The standard InChI is InChI=1S/C6H8F3NO/c1-4(3-10)11-5(2)6(7,8)9/h4-5H,1-2H3. The molecule has 0 heterocycles. The fourth-order valence-corrected chi connectivity index (χ4v) is 0.414. The molecule has 0 fully saturated rings. The van der Waals surface area contributed by atoms with E-state index in [4.69, 9.17) is 5.26 Å². The van der Waals surface area contributed by atoms with Crippen molar-refractivity contribution in [2.75, 3.05) is 0 Å². The zero-order valence-electron chi connectivity index (χ0n) is 6.14. The van der Waals surface area contributed by atoms with Gasteiger partial charge in [-0.15, -0.1) is 0 Å². The molecule has 0 aliphatic carbocycles. The molecule has 11 heavy (non-hydrogen) atoms. The van der Waals surface area contributed by atoms with E-state index >= 15 is 0 Å². The van der Waals surface area contributed by atoms with Crippen LogP contribution in [0.2, 0.25) is 0 Å². The number of hydrogen-bond acceptors (Lipinski definition) is 2. The summed E-state index contributed by atoms with van der Waals surface area (Å²) in [5.41, 5.74) is 0. The van der Waals surface area contributed by atoms with Crippen molar-refractivity contribution in [1.82, 2.24) is 0 Å². The maximum Gasteiger partial charge on any atom is 0.414 e. The van der Waals surface area contributed by atoms with Gasteiger partial charge < -0.3 is 4.74 Å². The molecule has 2 atom stereocenters. The van der Waals surface area contributed by atoms with Gasteiger partial charge in [-0.1, -0.05) is 0 Å². The van der Waals surface area contributed by atoms with Gasteiger partial charge >= 0.3 is 6.18 Å². The lowest BCUT2D eigenvalue weighted by molar-refractivity contribution is -0.219. The van der Waals surface area contributed by atoms with Crippen molar-refractivity contribution in [3.05, 3.63) is 0 Å². The third kappa shape index (κ3) is 3.83. The zero-order chi connectivity index (χ0) is 9.07. The lowest BCUT2D eigenvalue weighted by Gasteiger charge is -2.17. The predicted octanol–water partition coefficient (Wildman–Crippen LogP) is 1.87. The highest BCUT2D eigenvalue weighted by Gasteiger charge is 2.37. The Balaban J connectivity index is 3.90. The number of rotatable bonds is 2. The first-order chi connectivity index (χ1) is 4.88. The van der Waals surface area contributed by atoms with Gasteiger partial charge in [0.25, 0.3) is 0 Å². The highest BCUT2D eigenvalue weighted by atomic mass is 19.4. The Morgan fingerprint density at radius 1 is 1.36 bits per heavy atom. The van der Waals surface area contributed by atoms with Gasteiger partial charge in [0, 0.05) is 0 Å². The second-order valence-electron chi connectivity index (χ2n) is 2.09. The maximum absolute atomic E-state index is 11.7. The van der Waals surface area contributed by atoms with Crippen LogP contribution in [-0.2, 0) is 4.74 Å². The molecule has 2 nitrogen and oxygen atoms in total. The summed E-state index contributed by atoms with van der Waals surface area (Å²) in [5.74, 6) is 0. The van der Waals surface area contributed by atoms with Crippen LogP contribution >= 0.6 is 0 Å². The van der Waals surface area contributed by atoms with E-state index in [0.717, 1.165) is 6.92 Å². The molecule has 0 spiro atoms. The van der Waals surface area contributed by atoms with E-state index < -0.39 is 18.4 Å². The number of halogens is 3. The fraction of sp³-hybridized carbons (Fsp3) is 0.833. The van der Waals surface area contributed by atoms with E-state index in [1.807, 2.05) is 0 Å². The summed E-state index contributed by atoms with van der Waals surface area (Å²) in [6.45, 7) is 2.13. The quantitative estimate of drug-likeness (QED) is 0.628. The van der Waals surface area contributed by atoms with Crippen LogP contribution in [0.5, 0.6) is 0 Å². The Hall–Kier alpha value is -0.760.